The van der Waals surface area contributed by atoms with E-state index in [1.54, 1.807) is 6.07 Å². The van der Waals surface area contributed by atoms with E-state index in [4.69, 9.17) is 11.6 Å². The molecule has 1 atom stereocenters. The molecule has 114 valence electrons. The van der Waals surface area contributed by atoms with Crippen molar-refractivity contribution < 1.29 is 9.50 Å². The summed E-state index contributed by atoms with van der Waals surface area (Å²) in [6, 6.07) is 4.30. The van der Waals surface area contributed by atoms with Crippen LogP contribution in [0.4, 0.5) is 4.39 Å². The smallest absolute Gasteiger partial charge is 0.123 e. The molecule has 1 N–H and O–H groups in total. The van der Waals surface area contributed by atoms with E-state index in [-0.39, 0.29) is 11.2 Å². The van der Waals surface area contributed by atoms with Gasteiger partial charge in [0, 0.05) is 10.6 Å². The van der Waals surface area contributed by atoms with Crippen LogP contribution in [0.3, 0.4) is 0 Å². The summed E-state index contributed by atoms with van der Waals surface area (Å²) < 4.78 is 13.4. The Morgan fingerprint density at radius 2 is 1.71 bits per heavy atom. The van der Waals surface area contributed by atoms with Gasteiger partial charge in [0.2, 0.25) is 0 Å². The summed E-state index contributed by atoms with van der Waals surface area (Å²) in [6.45, 7) is 0. The number of benzene rings is 1. The van der Waals surface area contributed by atoms with Gasteiger partial charge in [0.15, 0.2) is 0 Å². The molecule has 0 heterocycles. The Bertz CT molecular complexity index is 521. The fourth-order valence-electron chi connectivity index (χ4n) is 5.83. The van der Waals surface area contributed by atoms with Gasteiger partial charge in [0.05, 0.1) is 6.10 Å². The summed E-state index contributed by atoms with van der Waals surface area (Å²) in [7, 11) is 0. The lowest BCUT2D eigenvalue weighted by Gasteiger charge is -2.57. The molecular weight excluding hydrogens is 287 g/mol. The van der Waals surface area contributed by atoms with Crippen LogP contribution in [0.15, 0.2) is 18.2 Å². The highest BCUT2D eigenvalue weighted by atomic mass is 35.5. The molecule has 4 bridgehead atoms. The van der Waals surface area contributed by atoms with Gasteiger partial charge in [0.1, 0.15) is 5.82 Å². The lowest BCUT2D eigenvalue weighted by molar-refractivity contribution is -0.0764. The van der Waals surface area contributed by atoms with Crippen LogP contribution < -0.4 is 0 Å². The van der Waals surface area contributed by atoms with Gasteiger partial charge in [-0.05, 0) is 86.3 Å². The highest BCUT2D eigenvalue weighted by molar-refractivity contribution is 6.31. The summed E-state index contributed by atoms with van der Waals surface area (Å²) in [4.78, 5) is 0. The van der Waals surface area contributed by atoms with E-state index in [9.17, 15) is 9.50 Å². The highest BCUT2D eigenvalue weighted by Gasteiger charge is 2.51. The third-order valence-electron chi connectivity index (χ3n) is 6.11. The second-order valence-electron chi connectivity index (χ2n) is 7.80. The predicted octanol–water partition coefficient (Wildman–Crippen LogP) is 5.12. The largest absolute Gasteiger partial charge is 0.388 e. The fraction of sp³-hybridized carbons (Fsp3) is 0.667. The first-order valence-electron chi connectivity index (χ1n) is 8.16. The number of halogens is 2. The summed E-state index contributed by atoms with van der Waals surface area (Å²) in [5, 5.41) is 11.1. The number of aliphatic hydroxyl groups excluding tert-OH is 1. The maximum atomic E-state index is 13.4. The summed E-state index contributed by atoms with van der Waals surface area (Å²) >= 11 is 6.15. The molecule has 1 nitrogen and oxygen atoms in total. The van der Waals surface area contributed by atoms with Crippen LogP contribution in [0, 0.1) is 29.0 Å². The zero-order valence-electron chi connectivity index (χ0n) is 12.2. The molecule has 1 aromatic rings. The molecule has 4 aliphatic carbocycles. The van der Waals surface area contributed by atoms with Crippen LogP contribution in [0.5, 0.6) is 0 Å². The minimum atomic E-state index is -0.635. The molecule has 0 aromatic heterocycles. The Kier molecular flexibility index (Phi) is 3.31. The average Bonchev–Trinajstić information content (AvgIpc) is 2.39. The molecule has 1 aromatic carbocycles. The Hall–Kier alpha value is -0.600. The Labute approximate surface area is 130 Å². The van der Waals surface area contributed by atoms with Crippen molar-refractivity contribution in [3.63, 3.8) is 0 Å². The second kappa shape index (κ2) is 4.96. The van der Waals surface area contributed by atoms with E-state index < -0.39 is 6.10 Å². The highest BCUT2D eigenvalue weighted by Crippen LogP contribution is 2.62. The van der Waals surface area contributed by atoms with Gasteiger partial charge in [-0.25, -0.2) is 4.39 Å². The first-order valence-corrected chi connectivity index (χ1v) is 8.54. The molecule has 4 aliphatic rings. The first kappa shape index (κ1) is 14.0. The molecule has 4 saturated carbocycles. The fourth-order valence-corrected chi connectivity index (χ4v) is 6.07. The zero-order chi connectivity index (χ0) is 14.6. The van der Waals surface area contributed by atoms with Crippen molar-refractivity contribution in [1.82, 2.24) is 0 Å². The van der Waals surface area contributed by atoms with Crippen molar-refractivity contribution in [3.8, 4) is 0 Å². The van der Waals surface area contributed by atoms with E-state index >= 15 is 0 Å². The Balaban J connectivity index is 1.56. The van der Waals surface area contributed by atoms with Crippen LogP contribution >= 0.6 is 11.6 Å². The molecule has 0 aliphatic heterocycles. The number of hydrogen-bond acceptors (Lipinski definition) is 1. The van der Waals surface area contributed by atoms with Crippen LogP contribution in [-0.2, 0) is 0 Å². The molecule has 5 rings (SSSR count). The van der Waals surface area contributed by atoms with Gasteiger partial charge in [-0.15, -0.1) is 0 Å². The van der Waals surface area contributed by atoms with Crippen molar-refractivity contribution in [2.75, 3.05) is 0 Å². The van der Waals surface area contributed by atoms with Crippen molar-refractivity contribution in [2.24, 2.45) is 23.2 Å². The Morgan fingerprint density at radius 3 is 2.29 bits per heavy atom. The van der Waals surface area contributed by atoms with Crippen LogP contribution in [-0.4, -0.2) is 5.11 Å². The molecule has 21 heavy (non-hydrogen) atoms. The van der Waals surface area contributed by atoms with Crippen molar-refractivity contribution >= 4 is 11.6 Å². The minimum Gasteiger partial charge on any atom is -0.388 e. The van der Waals surface area contributed by atoms with E-state index in [0.29, 0.717) is 10.6 Å². The van der Waals surface area contributed by atoms with Gasteiger partial charge in [-0.3, -0.25) is 0 Å². The molecule has 1 unspecified atom stereocenters. The van der Waals surface area contributed by atoms with Crippen LogP contribution in [0.25, 0.3) is 0 Å². The van der Waals surface area contributed by atoms with Gasteiger partial charge >= 0.3 is 0 Å². The Morgan fingerprint density at radius 1 is 1.14 bits per heavy atom. The summed E-state index contributed by atoms with van der Waals surface area (Å²) in [5.41, 5.74) is 0.844. The van der Waals surface area contributed by atoms with Gasteiger partial charge in [0.25, 0.3) is 0 Å². The van der Waals surface area contributed by atoms with E-state index in [2.05, 4.69) is 0 Å². The van der Waals surface area contributed by atoms with Crippen molar-refractivity contribution in [1.29, 1.82) is 0 Å². The molecule has 0 amide bonds. The predicted molar refractivity (Wildman–Crippen MR) is 81.6 cm³/mol. The molecule has 0 spiro atoms. The van der Waals surface area contributed by atoms with Crippen LogP contribution in [0.2, 0.25) is 5.02 Å². The van der Waals surface area contributed by atoms with Crippen molar-refractivity contribution in [2.45, 2.75) is 51.0 Å². The second-order valence-corrected chi connectivity index (χ2v) is 8.21. The van der Waals surface area contributed by atoms with Crippen LogP contribution in [0.1, 0.15) is 56.6 Å². The van der Waals surface area contributed by atoms with E-state index in [1.165, 1.54) is 50.7 Å². The lowest BCUT2D eigenvalue weighted by Crippen LogP contribution is -2.46. The van der Waals surface area contributed by atoms with E-state index in [0.717, 1.165) is 24.2 Å². The molecular formula is C18H22ClFO. The van der Waals surface area contributed by atoms with Gasteiger partial charge in [-0.2, -0.15) is 0 Å². The number of aliphatic hydroxyl groups is 1. The zero-order valence-corrected chi connectivity index (χ0v) is 13.0. The SMILES string of the molecule is OC(CC12CC3CC(CC(C3)C1)C2)c1cc(F)ccc1Cl. The van der Waals surface area contributed by atoms with Gasteiger partial charge < -0.3 is 5.11 Å². The third-order valence-corrected chi connectivity index (χ3v) is 6.45. The van der Waals surface area contributed by atoms with Gasteiger partial charge in [-0.1, -0.05) is 11.6 Å². The van der Waals surface area contributed by atoms with E-state index in [1.807, 2.05) is 0 Å². The van der Waals surface area contributed by atoms with Crippen molar-refractivity contribution in [3.05, 3.63) is 34.6 Å². The normalized spacial score (nSPS) is 38.7. The summed E-state index contributed by atoms with van der Waals surface area (Å²) in [6.07, 6.45) is 8.07. The molecule has 0 radical (unpaired) electrons. The maximum Gasteiger partial charge on any atom is 0.123 e. The average molecular weight is 309 g/mol. The molecule has 4 fully saturated rings. The first-order chi connectivity index (χ1) is 10.0. The monoisotopic (exact) mass is 308 g/mol. The molecule has 3 heteroatoms. The lowest BCUT2D eigenvalue weighted by atomic mass is 9.48. The number of hydrogen-bond donors (Lipinski definition) is 1. The summed E-state index contributed by atoms with van der Waals surface area (Å²) in [5.74, 6) is 2.28. The third kappa shape index (κ3) is 2.51. The number of rotatable bonds is 3. The molecule has 0 saturated heterocycles. The quantitative estimate of drug-likeness (QED) is 0.821. The minimum absolute atomic E-state index is 0.282. The topological polar surface area (TPSA) is 20.2 Å². The standard InChI is InChI=1S/C18H22ClFO/c19-16-2-1-14(20)6-15(16)17(21)10-18-7-11-3-12(8-18)5-13(4-11)9-18/h1-2,6,11-13,17,21H,3-5,7-10H2. The maximum absolute atomic E-state index is 13.4.